The predicted octanol–water partition coefficient (Wildman–Crippen LogP) is 14.4. The summed E-state index contributed by atoms with van der Waals surface area (Å²) in [5.41, 5.74) is 8.34. The van der Waals surface area contributed by atoms with Crippen LogP contribution in [0, 0.1) is 0 Å². The Kier molecular flexibility index (Phi) is 6.61. The summed E-state index contributed by atoms with van der Waals surface area (Å²) < 4.78 is 5.30. The van der Waals surface area contributed by atoms with Gasteiger partial charge in [0.25, 0.3) is 0 Å². The lowest BCUT2D eigenvalue weighted by Crippen LogP contribution is -2.10. The molecule has 0 N–H and O–H groups in total. The summed E-state index contributed by atoms with van der Waals surface area (Å²) in [4.78, 5) is 2.41. The lowest BCUT2D eigenvalue weighted by molar-refractivity contribution is 1.30. The predicted molar refractivity (Wildman–Crippen MR) is 215 cm³/mol. The fourth-order valence-corrected chi connectivity index (χ4v) is 9.68. The maximum Gasteiger partial charge on any atom is 0.0640 e. The van der Waals surface area contributed by atoms with Crippen LogP contribution in [0.2, 0.25) is 0 Å². The zero-order valence-corrected chi connectivity index (χ0v) is 28.1. The monoisotopic (exact) mass is 659 g/mol. The summed E-state index contributed by atoms with van der Waals surface area (Å²) in [6, 6.07) is 64.3. The molecule has 0 spiro atoms. The van der Waals surface area contributed by atoms with Gasteiger partial charge in [-0.05, 0) is 81.6 Å². The third-order valence-electron chi connectivity index (χ3n) is 9.68. The van der Waals surface area contributed by atoms with Crippen molar-refractivity contribution in [2.75, 3.05) is 4.90 Å². The Bertz CT molecular complexity index is 2810. The van der Waals surface area contributed by atoms with E-state index in [1.165, 1.54) is 79.1 Å². The average Bonchev–Trinajstić information content (AvgIpc) is 3.75. The van der Waals surface area contributed by atoms with Gasteiger partial charge in [0.05, 0.1) is 10.4 Å². The number of hydrogen-bond donors (Lipinski definition) is 0. The van der Waals surface area contributed by atoms with E-state index in [1.807, 2.05) is 22.7 Å². The summed E-state index contributed by atoms with van der Waals surface area (Å²) in [7, 11) is 0. The Morgan fingerprint density at radius 1 is 0.327 bits per heavy atom. The van der Waals surface area contributed by atoms with Crippen LogP contribution in [0.5, 0.6) is 0 Å². The SMILES string of the molecule is c1ccc(-c2ccc(N(c3ccc(-c4ccc5sc6c7ccccc7ccc6c5c4)cc3)c3cccc4c3sc3ccccc34)cc2)cc1. The van der Waals surface area contributed by atoms with E-state index < -0.39 is 0 Å². The van der Waals surface area contributed by atoms with Crippen molar-refractivity contribution in [3.8, 4) is 22.3 Å². The summed E-state index contributed by atoms with van der Waals surface area (Å²) in [5, 5.41) is 7.89. The first-order chi connectivity index (χ1) is 24.3. The molecule has 0 saturated carbocycles. The van der Waals surface area contributed by atoms with E-state index in [4.69, 9.17) is 0 Å². The smallest absolute Gasteiger partial charge is 0.0640 e. The minimum atomic E-state index is 1.13. The summed E-state index contributed by atoms with van der Waals surface area (Å²) >= 11 is 3.76. The van der Waals surface area contributed by atoms with Gasteiger partial charge in [0, 0.05) is 47.0 Å². The number of fused-ring (bicyclic) bond motifs is 8. The summed E-state index contributed by atoms with van der Waals surface area (Å²) in [6.07, 6.45) is 0. The molecule has 0 saturated heterocycles. The molecule has 0 amide bonds. The topological polar surface area (TPSA) is 3.24 Å². The second-order valence-corrected chi connectivity index (χ2v) is 14.6. The third-order valence-corrected chi connectivity index (χ3v) is 12.1. The number of nitrogens with zero attached hydrogens (tertiary/aromatic N) is 1. The zero-order valence-electron chi connectivity index (χ0n) is 26.5. The van der Waals surface area contributed by atoms with E-state index in [0.29, 0.717) is 0 Å². The first-order valence-corrected chi connectivity index (χ1v) is 18.2. The van der Waals surface area contributed by atoms with Gasteiger partial charge in [0.2, 0.25) is 0 Å². The van der Waals surface area contributed by atoms with Crippen molar-refractivity contribution in [1.82, 2.24) is 0 Å². The van der Waals surface area contributed by atoms with E-state index in [0.717, 1.165) is 11.4 Å². The highest BCUT2D eigenvalue weighted by molar-refractivity contribution is 7.27. The molecule has 0 radical (unpaired) electrons. The van der Waals surface area contributed by atoms with Crippen LogP contribution in [0.3, 0.4) is 0 Å². The fourth-order valence-electron chi connectivity index (χ4n) is 7.26. The van der Waals surface area contributed by atoms with Crippen molar-refractivity contribution < 1.29 is 0 Å². The molecule has 10 aromatic rings. The van der Waals surface area contributed by atoms with E-state index in [-0.39, 0.29) is 0 Å². The van der Waals surface area contributed by atoms with Crippen molar-refractivity contribution in [1.29, 1.82) is 0 Å². The number of anilines is 3. The van der Waals surface area contributed by atoms with Crippen LogP contribution in [0.25, 0.3) is 73.4 Å². The molecule has 0 unspecified atom stereocenters. The number of thiophene rings is 2. The molecule has 230 valence electrons. The molecule has 2 aromatic heterocycles. The maximum absolute atomic E-state index is 2.41. The third kappa shape index (κ3) is 4.74. The van der Waals surface area contributed by atoms with Crippen LogP contribution >= 0.6 is 22.7 Å². The standard InChI is InChI=1S/C46H29NS2/c1-2-9-30(10-3-1)31-17-23-35(24-18-31)47(42-15-8-14-39-38-13-6-7-16-43(38)49-46(39)42)36-25-19-32(20-26-36)34-22-28-44-41(29-34)40-27-21-33-11-4-5-12-37(33)45(40)48-44/h1-29H. The van der Waals surface area contributed by atoms with Gasteiger partial charge in [0.15, 0.2) is 0 Å². The molecule has 0 fully saturated rings. The van der Waals surface area contributed by atoms with Crippen molar-refractivity contribution >= 4 is 90.9 Å². The van der Waals surface area contributed by atoms with Gasteiger partial charge in [-0.2, -0.15) is 0 Å². The molecule has 1 nitrogen and oxygen atoms in total. The van der Waals surface area contributed by atoms with Gasteiger partial charge in [-0.15, -0.1) is 22.7 Å². The van der Waals surface area contributed by atoms with Crippen LogP contribution in [-0.2, 0) is 0 Å². The van der Waals surface area contributed by atoms with Gasteiger partial charge in [-0.3, -0.25) is 0 Å². The Labute approximate surface area is 292 Å². The highest BCUT2D eigenvalue weighted by atomic mass is 32.1. The van der Waals surface area contributed by atoms with E-state index >= 15 is 0 Å². The highest BCUT2D eigenvalue weighted by Crippen LogP contribution is 2.46. The lowest BCUT2D eigenvalue weighted by Gasteiger charge is -2.26. The normalized spacial score (nSPS) is 11.7. The van der Waals surface area contributed by atoms with Crippen LogP contribution in [0.15, 0.2) is 176 Å². The van der Waals surface area contributed by atoms with Gasteiger partial charge in [0.1, 0.15) is 0 Å². The molecule has 0 aliphatic rings. The minimum absolute atomic E-state index is 1.13. The van der Waals surface area contributed by atoms with E-state index in [1.54, 1.807) is 0 Å². The fraction of sp³-hybridized carbons (Fsp3) is 0. The number of rotatable bonds is 5. The molecule has 0 aliphatic heterocycles. The highest BCUT2D eigenvalue weighted by Gasteiger charge is 2.18. The quantitative estimate of drug-likeness (QED) is 0.178. The molecule has 8 aromatic carbocycles. The molecular weight excluding hydrogens is 631 g/mol. The maximum atomic E-state index is 2.41. The molecule has 3 heteroatoms. The first-order valence-electron chi connectivity index (χ1n) is 16.6. The van der Waals surface area contributed by atoms with Gasteiger partial charge in [-0.25, -0.2) is 0 Å². The first kappa shape index (κ1) is 28.3. The Morgan fingerprint density at radius 3 is 1.69 bits per heavy atom. The molecule has 0 atom stereocenters. The Balaban J connectivity index is 1.09. The Hall–Kier alpha value is -5.74. The second kappa shape index (κ2) is 11.5. The zero-order chi connectivity index (χ0) is 32.3. The molecule has 0 bridgehead atoms. The number of benzene rings is 8. The summed E-state index contributed by atoms with van der Waals surface area (Å²) in [5.74, 6) is 0. The molecule has 2 heterocycles. The second-order valence-electron chi connectivity index (χ2n) is 12.5. The van der Waals surface area contributed by atoms with Crippen molar-refractivity contribution in [3.63, 3.8) is 0 Å². The van der Waals surface area contributed by atoms with E-state index in [2.05, 4.69) is 181 Å². The van der Waals surface area contributed by atoms with Crippen molar-refractivity contribution in [2.24, 2.45) is 0 Å². The van der Waals surface area contributed by atoms with Crippen LogP contribution < -0.4 is 4.90 Å². The summed E-state index contributed by atoms with van der Waals surface area (Å²) in [6.45, 7) is 0. The molecule has 10 rings (SSSR count). The minimum Gasteiger partial charge on any atom is -0.309 e. The van der Waals surface area contributed by atoms with Crippen LogP contribution in [-0.4, -0.2) is 0 Å². The van der Waals surface area contributed by atoms with E-state index in [9.17, 15) is 0 Å². The van der Waals surface area contributed by atoms with Gasteiger partial charge >= 0.3 is 0 Å². The molecular formula is C46H29NS2. The van der Waals surface area contributed by atoms with Crippen molar-refractivity contribution in [2.45, 2.75) is 0 Å². The van der Waals surface area contributed by atoms with Crippen LogP contribution in [0.1, 0.15) is 0 Å². The molecule has 49 heavy (non-hydrogen) atoms. The van der Waals surface area contributed by atoms with Gasteiger partial charge in [-0.1, -0.05) is 127 Å². The largest absolute Gasteiger partial charge is 0.309 e. The Morgan fingerprint density at radius 2 is 0.898 bits per heavy atom. The van der Waals surface area contributed by atoms with Crippen LogP contribution in [0.4, 0.5) is 17.1 Å². The number of hydrogen-bond acceptors (Lipinski definition) is 3. The van der Waals surface area contributed by atoms with Crippen molar-refractivity contribution in [3.05, 3.63) is 176 Å². The molecule has 0 aliphatic carbocycles. The van der Waals surface area contributed by atoms with Gasteiger partial charge < -0.3 is 4.90 Å². The lowest BCUT2D eigenvalue weighted by atomic mass is 10.0. The average molecular weight is 660 g/mol.